The first-order valence-electron chi connectivity index (χ1n) is 7.33. The molecule has 0 fully saturated rings. The summed E-state index contributed by atoms with van der Waals surface area (Å²) in [5, 5.41) is 0. The maximum absolute atomic E-state index is 5.02. The summed E-state index contributed by atoms with van der Waals surface area (Å²) in [7, 11) is 0. The molecule has 0 aliphatic carbocycles. The van der Waals surface area contributed by atoms with E-state index in [1.807, 2.05) is 0 Å². The molecule has 0 saturated heterocycles. The van der Waals surface area contributed by atoms with Gasteiger partial charge in [-0.2, -0.15) is 0 Å². The van der Waals surface area contributed by atoms with Gasteiger partial charge in [0.15, 0.2) is 0 Å². The molecule has 20 heavy (non-hydrogen) atoms. The molecule has 0 bridgehead atoms. The van der Waals surface area contributed by atoms with Crippen LogP contribution >= 0.6 is 0 Å². The zero-order chi connectivity index (χ0) is 14.0. The van der Waals surface area contributed by atoms with E-state index in [-0.39, 0.29) is 5.41 Å². The molecule has 1 heteroatoms. The lowest BCUT2D eigenvalue weighted by Gasteiger charge is -2.21. The first-order chi connectivity index (χ1) is 9.65. The van der Waals surface area contributed by atoms with Gasteiger partial charge in [0.05, 0.1) is 6.04 Å². The van der Waals surface area contributed by atoms with Gasteiger partial charge < -0.3 is 0 Å². The van der Waals surface area contributed by atoms with E-state index in [1.54, 1.807) is 0 Å². The van der Waals surface area contributed by atoms with Crippen LogP contribution in [0.5, 0.6) is 0 Å². The summed E-state index contributed by atoms with van der Waals surface area (Å²) in [6.45, 7) is 4.62. The lowest BCUT2D eigenvalue weighted by atomic mass is 9.81. The maximum Gasteiger partial charge on any atom is 0.0552 e. The van der Waals surface area contributed by atoms with Gasteiger partial charge in [0, 0.05) is 11.1 Å². The van der Waals surface area contributed by atoms with E-state index in [0.717, 1.165) is 12.8 Å². The third-order valence-corrected chi connectivity index (χ3v) is 4.06. The predicted octanol–water partition coefficient (Wildman–Crippen LogP) is 4.52. The van der Waals surface area contributed by atoms with Gasteiger partial charge in [-0.25, -0.2) is 0 Å². The molecule has 3 rings (SSSR count). The minimum absolute atomic E-state index is 0.167. The summed E-state index contributed by atoms with van der Waals surface area (Å²) in [6.07, 6.45) is 2.17. The Labute approximate surface area is 121 Å². The monoisotopic (exact) mass is 263 g/mol. The highest BCUT2D eigenvalue weighted by Crippen LogP contribution is 2.36. The average molecular weight is 263 g/mol. The zero-order valence-electron chi connectivity index (χ0n) is 12.2. The number of rotatable bonds is 3. The minimum atomic E-state index is 0.167. The van der Waals surface area contributed by atoms with E-state index in [1.165, 1.54) is 16.8 Å². The molecule has 0 radical (unpaired) electrons. The second kappa shape index (κ2) is 5.24. The molecule has 102 valence electrons. The molecule has 0 aromatic heterocycles. The van der Waals surface area contributed by atoms with Crippen LogP contribution in [0.25, 0.3) is 0 Å². The fourth-order valence-electron chi connectivity index (χ4n) is 3.15. The Morgan fingerprint density at radius 3 is 2.20 bits per heavy atom. The van der Waals surface area contributed by atoms with Crippen LogP contribution in [0.2, 0.25) is 0 Å². The summed E-state index contributed by atoms with van der Waals surface area (Å²) >= 11 is 0. The lowest BCUT2D eigenvalue weighted by Crippen LogP contribution is -2.21. The second-order valence-corrected chi connectivity index (χ2v) is 6.28. The van der Waals surface area contributed by atoms with Gasteiger partial charge in [-0.05, 0) is 24.0 Å². The molecule has 0 N–H and O–H groups in total. The molecule has 2 aromatic rings. The Hall–Kier alpha value is -1.89. The third-order valence-electron chi connectivity index (χ3n) is 4.06. The maximum atomic E-state index is 5.02. The van der Waals surface area contributed by atoms with Crippen molar-refractivity contribution in [2.24, 2.45) is 10.4 Å². The van der Waals surface area contributed by atoms with Gasteiger partial charge in [0.25, 0.3) is 0 Å². The predicted molar refractivity (Wildman–Crippen MR) is 85.3 cm³/mol. The van der Waals surface area contributed by atoms with Crippen LogP contribution in [0.1, 0.15) is 31.4 Å². The fourth-order valence-corrected chi connectivity index (χ4v) is 3.15. The highest BCUT2D eigenvalue weighted by atomic mass is 14.9. The van der Waals surface area contributed by atoms with Crippen LogP contribution < -0.4 is 0 Å². The van der Waals surface area contributed by atoms with E-state index in [2.05, 4.69) is 74.5 Å². The van der Waals surface area contributed by atoms with Crippen LogP contribution in [0, 0.1) is 5.41 Å². The Bertz CT molecular complexity index is 596. The van der Waals surface area contributed by atoms with Crippen LogP contribution in [0.3, 0.4) is 0 Å². The first kappa shape index (κ1) is 13.1. The number of hydrogen-bond acceptors (Lipinski definition) is 1. The van der Waals surface area contributed by atoms with Crippen molar-refractivity contribution in [3.63, 3.8) is 0 Å². The van der Waals surface area contributed by atoms with E-state index in [9.17, 15) is 0 Å². The zero-order valence-corrected chi connectivity index (χ0v) is 12.2. The highest BCUT2D eigenvalue weighted by Gasteiger charge is 2.35. The molecule has 1 aliphatic rings. The fraction of sp³-hybridized carbons (Fsp3) is 0.316. The van der Waals surface area contributed by atoms with Crippen LogP contribution in [-0.2, 0) is 6.42 Å². The number of aliphatic imine (C=N–C) groups is 1. The molecule has 0 amide bonds. The van der Waals surface area contributed by atoms with Gasteiger partial charge in [-0.15, -0.1) is 0 Å². The molecule has 1 nitrogen and oxygen atoms in total. The number of hydrogen-bond donors (Lipinski definition) is 0. The quantitative estimate of drug-likeness (QED) is 0.772. The molecule has 0 spiro atoms. The van der Waals surface area contributed by atoms with Crippen molar-refractivity contribution >= 4 is 5.71 Å². The molecule has 2 aromatic carbocycles. The van der Waals surface area contributed by atoms with Gasteiger partial charge in [0.1, 0.15) is 0 Å². The standard InChI is InChI=1S/C19H21N/c1-19(2)14-17(13-15-9-5-3-6-10-15)20-18(19)16-11-7-4-8-12-16/h3-12,17H,13-14H2,1-2H3. The summed E-state index contributed by atoms with van der Waals surface area (Å²) in [4.78, 5) is 5.02. The summed E-state index contributed by atoms with van der Waals surface area (Å²) in [5.74, 6) is 0. The van der Waals surface area contributed by atoms with Crippen molar-refractivity contribution < 1.29 is 0 Å². The lowest BCUT2D eigenvalue weighted by molar-refractivity contribution is 0.460. The van der Waals surface area contributed by atoms with Gasteiger partial charge in [0.2, 0.25) is 0 Å². The average Bonchev–Trinajstić information content (AvgIpc) is 2.75. The number of benzene rings is 2. The number of nitrogens with zero attached hydrogens (tertiary/aromatic N) is 1. The SMILES string of the molecule is CC1(C)CC(Cc2ccccc2)N=C1c1ccccc1. The summed E-state index contributed by atoms with van der Waals surface area (Å²) in [6, 6.07) is 21.7. The first-order valence-corrected chi connectivity index (χ1v) is 7.33. The van der Waals surface area contributed by atoms with E-state index >= 15 is 0 Å². The smallest absolute Gasteiger partial charge is 0.0552 e. The van der Waals surface area contributed by atoms with Crippen molar-refractivity contribution in [3.8, 4) is 0 Å². The minimum Gasteiger partial charge on any atom is -0.285 e. The molecule has 1 atom stereocenters. The van der Waals surface area contributed by atoms with Gasteiger partial charge in [-0.3, -0.25) is 4.99 Å². The van der Waals surface area contributed by atoms with Crippen molar-refractivity contribution in [3.05, 3.63) is 71.8 Å². The van der Waals surface area contributed by atoms with Crippen molar-refractivity contribution in [1.29, 1.82) is 0 Å². The topological polar surface area (TPSA) is 12.4 Å². The molecule has 0 saturated carbocycles. The van der Waals surface area contributed by atoms with Crippen molar-refractivity contribution in [1.82, 2.24) is 0 Å². The van der Waals surface area contributed by atoms with Gasteiger partial charge >= 0.3 is 0 Å². The second-order valence-electron chi connectivity index (χ2n) is 6.28. The van der Waals surface area contributed by atoms with E-state index in [4.69, 9.17) is 4.99 Å². The molecule has 1 heterocycles. The van der Waals surface area contributed by atoms with E-state index < -0.39 is 0 Å². The van der Waals surface area contributed by atoms with Crippen molar-refractivity contribution in [2.75, 3.05) is 0 Å². The van der Waals surface area contributed by atoms with Crippen molar-refractivity contribution in [2.45, 2.75) is 32.7 Å². The van der Waals surface area contributed by atoms with Crippen LogP contribution in [0.15, 0.2) is 65.7 Å². The Morgan fingerprint density at radius 1 is 0.950 bits per heavy atom. The van der Waals surface area contributed by atoms with Gasteiger partial charge in [-0.1, -0.05) is 74.5 Å². The Morgan fingerprint density at radius 2 is 1.55 bits per heavy atom. The summed E-state index contributed by atoms with van der Waals surface area (Å²) < 4.78 is 0. The molecule has 1 unspecified atom stereocenters. The Balaban J connectivity index is 1.85. The highest BCUT2D eigenvalue weighted by molar-refractivity contribution is 6.05. The van der Waals surface area contributed by atoms with E-state index in [0.29, 0.717) is 6.04 Å². The Kier molecular flexibility index (Phi) is 3.43. The summed E-state index contributed by atoms with van der Waals surface area (Å²) in [5.41, 5.74) is 4.08. The normalized spacial score (nSPS) is 20.7. The molecular weight excluding hydrogens is 242 g/mol. The molecule has 1 aliphatic heterocycles. The largest absolute Gasteiger partial charge is 0.285 e. The van der Waals surface area contributed by atoms with Crippen LogP contribution in [0.4, 0.5) is 0 Å². The third kappa shape index (κ3) is 2.67. The molecular formula is C19H21N. The van der Waals surface area contributed by atoms with Crippen LogP contribution in [-0.4, -0.2) is 11.8 Å².